The van der Waals surface area contributed by atoms with E-state index in [0.29, 0.717) is 12.8 Å². The topological polar surface area (TPSA) is 96.6 Å². The molecular formula is C14H17NO5. The van der Waals surface area contributed by atoms with E-state index in [1.54, 1.807) is 6.92 Å². The van der Waals surface area contributed by atoms with Crippen molar-refractivity contribution < 1.29 is 19.1 Å². The molecule has 0 saturated heterocycles. The molecule has 1 aliphatic rings. The molecule has 0 aliphatic heterocycles. The highest BCUT2D eigenvalue weighted by Gasteiger charge is 2.43. The van der Waals surface area contributed by atoms with Crippen LogP contribution in [0.5, 0.6) is 0 Å². The lowest BCUT2D eigenvalue weighted by atomic mass is 9.71. The number of hydrogen-bond donors (Lipinski definition) is 2. The molecule has 6 heteroatoms. The highest BCUT2D eigenvalue weighted by Crippen LogP contribution is 2.36. The van der Waals surface area contributed by atoms with Crippen molar-refractivity contribution in [2.24, 2.45) is 5.41 Å². The van der Waals surface area contributed by atoms with Crippen LogP contribution in [0.15, 0.2) is 27.6 Å². The van der Waals surface area contributed by atoms with E-state index in [1.807, 2.05) is 0 Å². The molecule has 0 bridgehead atoms. The van der Waals surface area contributed by atoms with Gasteiger partial charge in [0, 0.05) is 12.1 Å². The Morgan fingerprint density at radius 3 is 2.75 bits per heavy atom. The Morgan fingerprint density at radius 1 is 1.40 bits per heavy atom. The van der Waals surface area contributed by atoms with Gasteiger partial charge in [-0.25, -0.2) is 4.79 Å². The second kappa shape index (κ2) is 5.48. The van der Waals surface area contributed by atoms with E-state index in [2.05, 4.69) is 9.73 Å². The molecule has 1 fully saturated rings. The summed E-state index contributed by atoms with van der Waals surface area (Å²) in [5.74, 6) is -1.32. The van der Waals surface area contributed by atoms with Gasteiger partial charge < -0.3 is 14.8 Å². The predicted octanol–water partition coefficient (Wildman–Crippen LogP) is 1.40. The van der Waals surface area contributed by atoms with Crippen LogP contribution < -0.4 is 10.9 Å². The average Bonchev–Trinajstić information content (AvgIpc) is 2.42. The van der Waals surface area contributed by atoms with Gasteiger partial charge in [0.15, 0.2) is 0 Å². The Bertz CT molecular complexity index is 559. The van der Waals surface area contributed by atoms with Gasteiger partial charge in [-0.05, 0) is 25.8 Å². The lowest BCUT2D eigenvalue weighted by Crippen LogP contribution is -2.52. The first-order valence-electron chi connectivity index (χ1n) is 6.56. The maximum Gasteiger partial charge on any atom is 0.335 e. The van der Waals surface area contributed by atoms with Crippen molar-refractivity contribution in [3.05, 3.63) is 34.4 Å². The van der Waals surface area contributed by atoms with Gasteiger partial charge in [0.2, 0.25) is 0 Å². The summed E-state index contributed by atoms with van der Waals surface area (Å²) < 4.78 is 4.64. The Morgan fingerprint density at radius 2 is 2.15 bits per heavy atom. The molecular weight excluding hydrogens is 262 g/mol. The molecule has 1 amide bonds. The van der Waals surface area contributed by atoms with Crippen LogP contribution >= 0.6 is 0 Å². The average molecular weight is 279 g/mol. The molecule has 1 aliphatic carbocycles. The summed E-state index contributed by atoms with van der Waals surface area (Å²) >= 11 is 0. The number of carbonyl (C=O) groups excluding carboxylic acids is 1. The summed E-state index contributed by atoms with van der Waals surface area (Å²) in [6.45, 7) is 1.66. The zero-order chi connectivity index (χ0) is 14.8. The Labute approximate surface area is 115 Å². The number of amides is 1. The van der Waals surface area contributed by atoms with E-state index >= 15 is 0 Å². The van der Waals surface area contributed by atoms with Crippen LogP contribution in [-0.2, 0) is 4.79 Å². The first kappa shape index (κ1) is 14.3. The van der Waals surface area contributed by atoms with Crippen molar-refractivity contribution in [3.8, 4) is 0 Å². The molecule has 1 aromatic rings. The SMILES string of the molecule is CC1(C(=O)O)CCCCC1NC(=O)c1ccc(=O)oc1. The monoisotopic (exact) mass is 279 g/mol. The maximum absolute atomic E-state index is 12.1. The second-order valence-electron chi connectivity index (χ2n) is 5.34. The van der Waals surface area contributed by atoms with Crippen molar-refractivity contribution in [2.45, 2.75) is 38.6 Å². The molecule has 6 nitrogen and oxygen atoms in total. The fourth-order valence-electron chi connectivity index (χ4n) is 2.55. The summed E-state index contributed by atoms with van der Waals surface area (Å²) in [6.07, 6.45) is 3.98. The molecule has 1 heterocycles. The van der Waals surface area contributed by atoms with Gasteiger partial charge in [-0.1, -0.05) is 12.8 Å². The molecule has 2 N–H and O–H groups in total. The zero-order valence-electron chi connectivity index (χ0n) is 11.2. The van der Waals surface area contributed by atoms with Crippen LogP contribution in [0.25, 0.3) is 0 Å². The van der Waals surface area contributed by atoms with Crippen LogP contribution in [0.2, 0.25) is 0 Å². The van der Waals surface area contributed by atoms with Crippen molar-refractivity contribution in [2.75, 3.05) is 0 Å². The third-order valence-electron chi connectivity index (χ3n) is 3.97. The lowest BCUT2D eigenvalue weighted by Gasteiger charge is -2.38. The number of rotatable bonds is 3. The number of nitrogens with one attached hydrogen (secondary N) is 1. The van der Waals surface area contributed by atoms with E-state index in [0.717, 1.165) is 25.2 Å². The molecule has 2 rings (SSSR count). The number of aliphatic carboxylic acids is 1. The van der Waals surface area contributed by atoms with Crippen molar-refractivity contribution in [1.29, 1.82) is 0 Å². The molecule has 0 spiro atoms. The Hall–Kier alpha value is -2.11. The third kappa shape index (κ3) is 2.74. The Kier molecular flexibility index (Phi) is 3.92. The molecule has 0 radical (unpaired) electrons. The highest BCUT2D eigenvalue weighted by molar-refractivity contribution is 5.94. The van der Waals surface area contributed by atoms with Crippen LogP contribution in [0.4, 0.5) is 0 Å². The molecule has 20 heavy (non-hydrogen) atoms. The molecule has 2 unspecified atom stereocenters. The smallest absolute Gasteiger partial charge is 0.335 e. The standard InChI is InChI=1S/C14H17NO5/c1-14(13(18)19)7-3-2-4-10(14)15-12(17)9-5-6-11(16)20-8-9/h5-6,8,10H,2-4,7H2,1H3,(H,15,17)(H,18,19). The quantitative estimate of drug-likeness (QED) is 0.871. The highest BCUT2D eigenvalue weighted by atomic mass is 16.4. The summed E-state index contributed by atoms with van der Waals surface area (Å²) in [6, 6.07) is 2.10. The van der Waals surface area contributed by atoms with Crippen LogP contribution in [0.3, 0.4) is 0 Å². The third-order valence-corrected chi connectivity index (χ3v) is 3.97. The minimum absolute atomic E-state index is 0.211. The van der Waals surface area contributed by atoms with Crippen LogP contribution in [0.1, 0.15) is 43.0 Å². The van der Waals surface area contributed by atoms with Gasteiger partial charge in [-0.3, -0.25) is 9.59 Å². The molecule has 1 saturated carbocycles. The first-order chi connectivity index (χ1) is 9.43. The molecule has 108 valence electrons. The first-order valence-corrected chi connectivity index (χ1v) is 6.56. The number of hydrogen-bond acceptors (Lipinski definition) is 4. The van der Waals surface area contributed by atoms with Gasteiger partial charge in [-0.15, -0.1) is 0 Å². The van der Waals surface area contributed by atoms with E-state index in [1.165, 1.54) is 6.07 Å². The van der Waals surface area contributed by atoms with E-state index in [4.69, 9.17) is 0 Å². The lowest BCUT2D eigenvalue weighted by molar-refractivity contribution is -0.151. The summed E-state index contributed by atoms with van der Waals surface area (Å²) in [5, 5.41) is 12.1. The van der Waals surface area contributed by atoms with E-state index in [9.17, 15) is 19.5 Å². The summed E-state index contributed by atoms with van der Waals surface area (Å²) in [4.78, 5) is 34.4. The fourth-order valence-corrected chi connectivity index (χ4v) is 2.55. The van der Waals surface area contributed by atoms with Gasteiger partial charge in [0.05, 0.1) is 11.0 Å². The van der Waals surface area contributed by atoms with Gasteiger partial charge >= 0.3 is 11.6 Å². The largest absolute Gasteiger partial charge is 0.481 e. The number of carboxylic acid groups (broad SMARTS) is 1. The van der Waals surface area contributed by atoms with Gasteiger partial charge in [0.1, 0.15) is 6.26 Å². The second-order valence-corrected chi connectivity index (χ2v) is 5.34. The van der Waals surface area contributed by atoms with Crippen LogP contribution in [0, 0.1) is 5.41 Å². The predicted molar refractivity (Wildman–Crippen MR) is 70.4 cm³/mol. The molecule has 1 aromatic heterocycles. The Balaban J connectivity index is 2.15. The minimum atomic E-state index is -0.955. The van der Waals surface area contributed by atoms with Crippen molar-refractivity contribution >= 4 is 11.9 Å². The van der Waals surface area contributed by atoms with E-state index in [-0.39, 0.29) is 5.56 Å². The van der Waals surface area contributed by atoms with Gasteiger partial charge in [0.25, 0.3) is 5.91 Å². The van der Waals surface area contributed by atoms with Crippen LogP contribution in [-0.4, -0.2) is 23.0 Å². The van der Waals surface area contributed by atoms with Gasteiger partial charge in [-0.2, -0.15) is 0 Å². The van der Waals surface area contributed by atoms with Crippen molar-refractivity contribution in [1.82, 2.24) is 5.32 Å². The molecule has 2 atom stereocenters. The van der Waals surface area contributed by atoms with E-state index < -0.39 is 29.0 Å². The maximum atomic E-state index is 12.1. The number of carbonyl (C=O) groups is 2. The minimum Gasteiger partial charge on any atom is -0.481 e. The normalized spacial score (nSPS) is 25.9. The summed E-state index contributed by atoms with van der Waals surface area (Å²) in [7, 11) is 0. The van der Waals surface area contributed by atoms with Crippen molar-refractivity contribution in [3.63, 3.8) is 0 Å². The molecule has 0 aromatic carbocycles. The summed E-state index contributed by atoms with van der Waals surface area (Å²) in [5.41, 5.74) is -1.28. The number of carboxylic acids is 1. The zero-order valence-corrected chi connectivity index (χ0v) is 11.2. The fraction of sp³-hybridized carbons (Fsp3) is 0.500.